The summed E-state index contributed by atoms with van der Waals surface area (Å²) in [6.45, 7) is 5.15. The Morgan fingerprint density at radius 3 is 2.50 bits per heavy atom. The monoisotopic (exact) mass is 275 g/mol. The summed E-state index contributed by atoms with van der Waals surface area (Å²) in [6, 6.07) is 11.1. The topological polar surface area (TPSA) is 21.3 Å². The third-order valence-corrected chi connectivity index (χ3v) is 5.04. The Balaban J connectivity index is 2.16. The molecule has 2 heteroatoms. The second-order valence-corrected chi connectivity index (χ2v) is 6.03. The molecule has 0 heterocycles. The van der Waals surface area contributed by atoms with Crippen LogP contribution in [-0.4, -0.2) is 26.8 Å². The maximum Gasteiger partial charge on any atom is 0.0587 e. The number of ether oxygens (including phenoxy) is 1. The van der Waals surface area contributed by atoms with Gasteiger partial charge in [0.1, 0.15) is 0 Å². The lowest BCUT2D eigenvalue weighted by molar-refractivity contribution is 0.188. The van der Waals surface area contributed by atoms with Gasteiger partial charge in [-0.25, -0.2) is 0 Å². The van der Waals surface area contributed by atoms with Crippen molar-refractivity contribution < 1.29 is 4.74 Å². The quantitative estimate of drug-likeness (QED) is 0.729. The molecule has 20 heavy (non-hydrogen) atoms. The number of methoxy groups -OCH3 is 1. The van der Waals surface area contributed by atoms with Crippen molar-refractivity contribution in [1.82, 2.24) is 5.32 Å². The highest BCUT2D eigenvalue weighted by molar-refractivity contribution is 5.27. The van der Waals surface area contributed by atoms with E-state index in [9.17, 15) is 0 Å². The van der Waals surface area contributed by atoms with E-state index < -0.39 is 0 Å². The van der Waals surface area contributed by atoms with Crippen molar-refractivity contribution in [2.45, 2.75) is 44.4 Å². The zero-order chi connectivity index (χ0) is 14.3. The molecule has 1 aromatic carbocycles. The van der Waals surface area contributed by atoms with Crippen LogP contribution in [0.15, 0.2) is 30.3 Å². The van der Waals surface area contributed by atoms with Crippen LogP contribution in [0.1, 0.15) is 44.6 Å². The van der Waals surface area contributed by atoms with Gasteiger partial charge >= 0.3 is 0 Å². The minimum atomic E-state index is 0.297. The van der Waals surface area contributed by atoms with E-state index in [0.717, 1.165) is 25.6 Å². The van der Waals surface area contributed by atoms with Crippen molar-refractivity contribution in [1.29, 1.82) is 0 Å². The zero-order valence-corrected chi connectivity index (χ0v) is 13.0. The van der Waals surface area contributed by atoms with E-state index in [1.54, 1.807) is 7.11 Å². The highest BCUT2D eigenvalue weighted by Gasteiger charge is 2.39. The average Bonchev–Trinajstić information content (AvgIpc) is 3.03. The molecule has 0 aliphatic heterocycles. The molecule has 1 aliphatic carbocycles. The Bertz CT molecular complexity index is 372. The van der Waals surface area contributed by atoms with Gasteiger partial charge in [0.15, 0.2) is 0 Å². The van der Waals surface area contributed by atoms with E-state index in [0.29, 0.717) is 5.41 Å². The van der Waals surface area contributed by atoms with Crippen molar-refractivity contribution in [2.24, 2.45) is 5.92 Å². The first-order chi connectivity index (χ1) is 9.83. The van der Waals surface area contributed by atoms with Crippen molar-refractivity contribution in [3.8, 4) is 0 Å². The zero-order valence-electron chi connectivity index (χ0n) is 13.0. The van der Waals surface area contributed by atoms with E-state index >= 15 is 0 Å². The summed E-state index contributed by atoms with van der Waals surface area (Å²) in [7, 11) is 1.77. The highest BCUT2D eigenvalue weighted by atomic mass is 16.5. The van der Waals surface area contributed by atoms with Gasteiger partial charge < -0.3 is 10.1 Å². The Morgan fingerprint density at radius 1 is 1.20 bits per heavy atom. The van der Waals surface area contributed by atoms with Gasteiger partial charge in [-0.2, -0.15) is 0 Å². The molecule has 0 radical (unpaired) electrons. The third kappa shape index (κ3) is 3.42. The molecule has 0 aromatic heterocycles. The molecule has 1 aliphatic rings. The van der Waals surface area contributed by atoms with Gasteiger partial charge in [-0.1, -0.05) is 50.1 Å². The van der Waals surface area contributed by atoms with Gasteiger partial charge in [0.25, 0.3) is 0 Å². The SMILES string of the molecule is CCC(CNCCOC)(c1ccccc1)C1CCCC1. The van der Waals surface area contributed by atoms with Crippen LogP contribution in [0.25, 0.3) is 0 Å². The molecule has 1 fully saturated rings. The summed E-state index contributed by atoms with van der Waals surface area (Å²) in [5.41, 5.74) is 1.81. The van der Waals surface area contributed by atoms with Crippen LogP contribution in [0.5, 0.6) is 0 Å². The van der Waals surface area contributed by atoms with Crippen LogP contribution in [0.2, 0.25) is 0 Å². The molecule has 2 nitrogen and oxygen atoms in total. The van der Waals surface area contributed by atoms with Crippen LogP contribution in [0.3, 0.4) is 0 Å². The second-order valence-electron chi connectivity index (χ2n) is 6.03. The largest absolute Gasteiger partial charge is 0.383 e. The van der Waals surface area contributed by atoms with Crippen LogP contribution in [0, 0.1) is 5.92 Å². The van der Waals surface area contributed by atoms with Crippen LogP contribution in [0.4, 0.5) is 0 Å². The lowest BCUT2D eigenvalue weighted by Crippen LogP contribution is -2.44. The predicted octanol–water partition coefficient (Wildman–Crippen LogP) is 3.76. The van der Waals surface area contributed by atoms with Crippen LogP contribution < -0.4 is 5.32 Å². The fourth-order valence-electron chi connectivity index (χ4n) is 3.83. The fourth-order valence-corrected chi connectivity index (χ4v) is 3.83. The van der Waals surface area contributed by atoms with Gasteiger partial charge in [-0.05, 0) is 30.7 Å². The van der Waals surface area contributed by atoms with Crippen molar-refractivity contribution >= 4 is 0 Å². The van der Waals surface area contributed by atoms with E-state index in [1.165, 1.54) is 37.7 Å². The molecule has 1 atom stereocenters. The summed E-state index contributed by atoms with van der Waals surface area (Å²) < 4.78 is 5.16. The van der Waals surface area contributed by atoms with Crippen LogP contribution in [-0.2, 0) is 10.2 Å². The molecule has 2 rings (SSSR count). The normalized spacial score (nSPS) is 19.1. The molecule has 0 bridgehead atoms. The summed E-state index contributed by atoms with van der Waals surface area (Å²) in [6.07, 6.45) is 6.78. The molecule has 1 saturated carbocycles. The first-order valence-electron chi connectivity index (χ1n) is 8.08. The maximum atomic E-state index is 5.16. The number of nitrogens with one attached hydrogen (secondary N) is 1. The fraction of sp³-hybridized carbons (Fsp3) is 0.667. The summed E-state index contributed by atoms with van der Waals surface area (Å²) in [5, 5.41) is 3.63. The Hall–Kier alpha value is -0.860. The average molecular weight is 275 g/mol. The smallest absolute Gasteiger partial charge is 0.0587 e. The maximum absolute atomic E-state index is 5.16. The molecule has 0 spiro atoms. The van der Waals surface area contributed by atoms with E-state index in [4.69, 9.17) is 4.74 Å². The molecule has 1 N–H and O–H groups in total. The van der Waals surface area contributed by atoms with Crippen molar-refractivity contribution in [3.05, 3.63) is 35.9 Å². The summed E-state index contributed by atoms with van der Waals surface area (Å²) in [5.74, 6) is 0.824. The Morgan fingerprint density at radius 2 is 1.90 bits per heavy atom. The molecule has 1 unspecified atom stereocenters. The second kappa shape index (κ2) is 7.80. The molecule has 112 valence electrons. The first kappa shape index (κ1) is 15.5. The van der Waals surface area contributed by atoms with E-state index in [1.807, 2.05) is 0 Å². The number of benzene rings is 1. The third-order valence-electron chi connectivity index (χ3n) is 5.04. The lowest BCUT2D eigenvalue weighted by Gasteiger charge is -2.39. The van der Waals surface area contributed by atoms with Crippen LogP contribution >= 0.6 is 0 Å². The standard InChI is InChI=1S/C18H29NO/c1-3-18(15-19-13-14-20-2,17-11-7-8-12-17)16-9-5-4-6-10-16/h4-6,9-10,17,19H,3,7-8,11-15H2,1-2H3. The highest BCUT2D eigenvalue weighted by Crippen LogP contribution is 2.44. The van der Waals surface area contributed by atoms with Crippen molar-refractivity contribution in [3.63, 3.8) is 0 Å². The Labute approximate surface area is 123 Å². The Kier molecular flexibility index (Phi) is 6.06. The van der Waals surface area contributed by atoms with E-state index in [2.05, 4.69) is 42.6 Å². The first-order valence-corrected chi connectivity index (χ1v) is 8.08. The minimum Gasteiger partial charge on any atom is -0.383 e. The van der Waals surface area contributed by atoms with Gasteiger partial charge in [-0.15, -0.1) is 0 Å². The lowest BCUT2D eigenvalue weighted by atomic mass is 9.67. The van der Waals surface area contributed by atoms with Gasteiger partial charge in [-0.3, -0.25) is 0 Å². The summed E-state index contributed by atoms with van der Waals surface area (Å²) >= 11 is 0. The predicted molar refractivity (Wildman–Crippen MR) is 85.1 cm³/mol. The number of rotatable bonds is 8. The number of hydrogen-bond acceptors (Lipinski definition) is 2. The summed E-state index contributed by atoms with van der Waals surface area (Å²) in [4.78, 5) is 0. The van der Waals surface area contributed by atoms with Crippen molar-refractivity contribution in [2.75, 3.05) is 26.8 Å². The molecule has 1 aromatic rings. The molecular formula is C18H29NO. The number of hydrogen-bond donors (Lipinski definition) is 1. The van der Waals surface area contributed by atoms with Gasteiger partial charge in [0.2, 0.25) is 0 Å². The minimum absolute atomic E-state index is 0.297. The molecule has 0 saturated heterocycles. The molecule has 0 amide bonds. The van der Waals surface area contributed by atoms with E-state index in [-0.39, 0.29) is 0 Å². The van der Waals surface area contributed by atoms with Gasteiger partial charge in [0, 0.05) is 25.6 Å². The van der Waals surface area contributed by atoms with Gasteiger partial charge in [0.05, 0.1) is 6.61 Å². The molecular weight excluding hydrogens is 246 g/mol.